The van der Waals surface area contributed by atoms with Crippen LogP contribution in [0.25, 0.3) is 0 Å². The van der Waals surface area contributed by atoms with E-state index in [-0.39, 0.29) is 29.8 Å². The summed E-state index contributed by atoms with van der Waals surface area (Å²) in [6.07, 6.45) is 0. The Balaban J connectivity index is 0.00000338. The Morgan fingerprint density at radius 2 is 1.73 bits per heavy atom. The quantitative estimate of drug-likeness (QED) is 0.720. The number of benzene rings is 2. The van der Waals surface area contributed by atoms with E-state index in [9.17, 15) is 14.0 Å². The monoisotopic (exact) mass is 379 g/mol. The van der Waals surface area contributed by atoms with Crippen LogP contribution in [-0.2, 0) is 0 Å². The van der Waals surface area contributed by atoms with Crippen LogP contribution in [0.2, 0.25) is 0 Å². The molecule has 2 aromatic carbocycles. The minimum absolute atomic E-state index is 0. The fourth-order valence-corrected chi connectivity index (χ4v) is 2.29. The van der Waals surface area contributed by atoms with Gasteiger partial charge in [0.25, 0.3) is 11.8 Å². The van der Waals surface area contributed by atoms with Crippen LogP contribution in [-0.4, -0.2) is 24.9 Å². The summed E-state index contributed by atoms with van der Waals surface area (Å²) in [7, 11) is 0. The SMILES string of the molecule is Cc1cccc(C(=O)NCC(C)CN)c1NC(=O)c1ccccc1F.Cl. The highest BCUT2D eigenvalue weighted by atomic mass is 35.5. The number of nitrogens with one attached hydrogen (secondary N) is 2. The molecule has 2 aromatic rings. The summed E-state index contributed by atoms with van der Waals surface area (Å²) in [4.78, 5) is 24.8. The summed E-state index contributed by atoms with van der Waals surface area (Å²) in [5, 5.41) is 5.45. The molecule has 0 spiro atoms. The topological polar surface area (TPSA) is 84.2 Å². The number of amides is 2. The molecule has 0 aliphatic heterocycles. The van der Waals surface area contributed by atoms with Gasteiger partial charge in [0.15, 0.2) is 0 Å². The van der Waals surface area contributed by atoms with Crippen molar-refractivity contribution < 1.29 is 14.0 Å². The van der Waals surface area contributed by atoms with Crippen LogP contribution < -0.4 is 16.4 Å². The zero-order chi connectivity index (χ0) is 18.4. The number of carbonyl (C=O) groups excluding carboxylic acids is 2. The first-order valence-corrected chi connectivity index (χ1v) is 8.07. The van der Waals surface area contributed by atoms with E-state index in [1.165, 1.54) is 18.2 Å². The number of anilines is 1. The van der Waals surface area contributed by atoms with Gasteiger partial charge < -0.3 is 16.4 Å². The zero-order valence-corrected chi connectivity index (χ0v) is 15.5. The van der Waals surface area contributed by atoms with Crippen molar-refractivity contribution >= 4 is 29.9 Å². The lowest BCUT2D eigenvalue weighted by atomic mass is 10.1. The Labute approximate surface area is 158 Å². The number of rotatable bonds is 6. The molecule has 0 aromatic heterocycles. The van der Waals surface area contributed by atoms with Crippen LogP contribution in [0.3, 0.4) is 0 Å². The van der Waals surface area contributed by atoms with Gasteiger partial charge in [0.05, 0.1) is 16.8 Å². The van der Waals surface area contributed by atoms with Crippen molar-refractivity contribution in [2.75, 3.05) is 18.4 Å². The second-order valence-corrected chi connectivity index (χ2v) is 5.98. The molecule has 0 radical (unpaired) electrons. The minimum Gasteiger partial charge on any atom is -0.352 e. The number of carbonyl (C=O) groups is 2. The average molecular weight is 380 g/mol. The lowest BCUT2D eigenvalue weighted by Gasteiger charge is -2.15. The van der Waals surface area contributed by atoms with Gasteiger partial charge >= 0.3 is 0 Å². The highest BCUT2D eigenvalue weighted by Gasteiger charge is 2.18. The molecular formula is C19H23ClFN3O2. The van der Waals surface area contributed by atoms with Gasteiger partial charge in [-0.25, -0.2) is 4.39 Å². The second-order valence-electron chi connectivity index (χ2n) is 5.98. The molecule has 2 rings (SSSR count). The number of halogens is 2. The van der Waals surface area contributed by atoms with Crippen molar-refractivity contribution in [2.24, 2.45) is 11.7 Å². The Hall–Kier alpha value is -2.44. The van der Waals surface area contributed by atoms with Crippen LogP contribution in [0, 0.1) is 18.7 Å². The largest absolute Gasteiger partial charge is 0.352 e. The fraction of sp³-hybridized carbons (Fsp3) is 0.263. The maximum absolute atomic E-state index is 13.8. The van der Waals surface area contributed by atoms with Crippen LogP contribution in [0.4, 0.5) is 10.1 Å². The van der Waals surface area contributed by atoms with Gasteiger partial charge in [0.1, 0.15) is 5.82 Å². The summed E-state index contributed by atoms with van der Waals surface area (Å²) in [5.41, 5.74) is 6.89. The molecule has 26 heavy (non-hydrogen) atoms. The smallest absolute Gasteiger partial charge is 0.258 e. The molecule has 0 heterocycles. The molecule has 4 N–H and O–H groups in total. The van der Waals surface area contributed by atoms with Gasteiger partial charge in [-0.05, 0) is 43.1 Å². The van der Waals surface area contributed by atoms with E-state index in [1.54, 1.807) is 31.2 Å². The Morgan fingerprint density at radius 3 is 2.38 bits per heavy atom. The predicted octanol–water partition coefficient (Wildman–Crippen LogP) is 3.13. The maximum atomic E-state index is 13.8. The third-order valence-electron chi connectivity index (χ3n) is 3.89. The van der Waals surface area contributed by atoms with E-state index < -0.39 is 11.7 Å². The van der Waals surface area contributed by atoms with Crippen LogP contribution in [0.5, 0.6) is 0 Å². The molecule has 5 nitrogen and oxygen atoms in total. The molecule has 0 bridgehead atoms. The predicted molar refractivity (Wildman–Crippen MR) is 103 cm³/mol. The van der Waals surface area contributed by atoms with Crippen molar-refractivity contribution in [1.82, 2.24) is 5.32 Å². The number of hydrogen-bond donors (Lipinski definition) is 3. The molecule has 0 saturated heterocycles. The first-order chi connectivity index (χ1) is 11.9. The molecule has 0 saturated carbocycles. The zero-order valence-electron chi connectivity index (χ0n) is 14.7. The lowest BCUT2D eigenvalue weighted by molar-refractivity contribution is 0.0949. The maximum Gasteiger partial charge on any atom is 0.258 e. The number of hydrogen-bond acceptors (Lipinski definition) is 3. The Morgan fingerprint density at radius 1 is 1.08 bits per heavy atom. The number of nitrogens with two attached hydrogens (primary N) is 1. The van der Waals surface area contributed by atoms with Gasteiger partial charge in [0.2, 0.25) is 0 Å². The van der Waals surface area contributed by atoms with Crippen LogP contribution in [0.15, 0.2) is 42.5 Å². The van der Waals surface area contributed by atoms with Crippen molar-refractivity contribution in [3.63, 3.8) is 0 Å². The van der Waals surface area contributed by atoms with Crippen molar-refractivity contribution in [3.05, 3.63) is 65.0 Å². The van der Waals surface area contributed by atoms with E-state index in [0.717, 1.165) is 0 Å². The lowest BCUT2D eigenvalue weighted by Crippen LogP contribution is -2.32. The second kappa shape index (κ2) is 9.89. The van der Waals surface area contributed by atoms with Gasteiger partial charge in [-0.1, -0.05) is 31.2 Å². The summed E-state index contributed by atoms with van der Waals surface area (Å²) in [6, 6.07) is 10.8. The molecule has 1 unspecified atom stereocenters. The van der Waals surface area contributed by atoms with Crippen molar-refractivity contribution in [3.8, 4) is 0 Å². The molecule has 0 aliphatic rings. The molecule has 2 amide bonds. The third kappa shape index (κ3) is 5.28. The summed E-state index contributed by atoms with van der Waals surface area (Å²) in [5.74, 6) is -1.38. The summed E-state index contributed by atoms with van der Waals surface area (Å²) >= 11 is 0. The molecule has 0 aliphatic carbocycles. The first kappa shape index (κ1) is 21.6. The third-order valence-corrected chi connectivity index (χ3v) is 3.89. The van der Waals surface area contributed by atoms with Gasteiger partial charge in [-0.3, -0.25) is 9.59 Å². The standard InChI is InChI=1S/C19H22FN3O2.ClH/c1-12(10-21)11-22-18(24)15-8-5-6-13(2)17(15)23-19(25)14-7-3-4-9-16(14)20;/h3-9,12H,10-11,21H2,1-2H3,(H,22,24)(H,23,25);1H. The van der Waals surface area contributed by atoms with Gasteiger partial charge in [0, 0.05) is 6.54 Å². The number of aryl methyl sites for hydroxylation is 1. The van der Waals surface area contributed by atoms with Crippen molar-refractivity contribution in [1.29, 1.82) is 0 Å². The Bertz CT molecular complexity index is 783. The molecule has 0 fully saturated rings. The molecule has 7 heteroatoms. The first-order valence-electron chi connectivity index (χ1n) is 8.07. The molecule has 140 valence electrons. The Kier molecular flexibility index (Phi) is 8.22. The van der Waals surface area contributed by atoms with E-state index in [2.05, 4.69) is 10.6 Å². The van der Waals surface area contributed by atoms with Gasteiger partial charge in [-0.15, -0.1) is 12.4 Å². The normalized spacial score (nSPS) is 11.2. The summed E-state index contributed by atoms with van der Waals surface area (Å²) in [6.45, 7) is 4.60. The highest BCUT2D eigenvalue weighted by Crippen LogP contribution is 2.22. The summed E-state index contributed by atoms with van der Waals surface area (Å²) < 4.78 is 13.8. The van der Waals surface area contributed by atoms with E-state index >= 15 is 0 Å². The van der Waals surface area contributed by atoms with E-state index in [0.29, 0.717) is 29.9 Å². The van der Waals surface area contributed by atoms with Crippen LogP contribution in [0.1, 0.15) is 33.2 Å². The number of para-hydroxylation sites is 1. The van der Waals surface area contributed by atoms with Crippen LogP contribution >= 0.6 is 12.4 Å². The highest BCUT2D eigenvalue weighted by molar-refractivity contribution is 6.09. The fourth-order valence-electron chi connectivity index (χ4n) is 2.29. The van der Waals surface area contributed by atoms with E-state index in [4.69, 9.17) is 5.73 Å². The minimum atomic E-state index is -0.614. The van der Waals surface area contributed by atoms with E-state index in [1.807, 2.05) is 6.92 Å². The molecule has 1 atom stereocenters. The molecular weight excluding hydrogens is 357 g/mol. The average Bonchev–Trinajstić information content (AvgIpc) is 2.61. The van der Waals surface area contributed by atoms with Gasteiger partial charge in [-0.2, -0.15) is 0 Å². The van der Waals surface area contributed by atoms with Crippen molar-refractivity contribution in [2.45, 2.75) is 13.8 Å².